The molecule has 18 heavy (non-hydrogen) atoms. The number of carbonyl (C=O) groups is 1. The van der Waals surface area contributed by atoms with Gasteiger partial charge in [0.15, 0.2) is 12.7 Å². The highest BCUT2D eigenvalue weighted by atomic mass is 32.1. The quantitative estimate of drug-likeness (QED) is 0.851. The topological polar surface area (TPSA) is 67.0 Å². The molecule has 2 rings (SSSR count). The monoisotopic (exact) mass is 264 g/mol. The van der Waals surface area contributed by atoms with Crippen molar-refractivity contribution in [3.8, 4) is 10.4 Å². The molecule has 0 aliphatic carbocycles. The van der Waals surface area contributed by atoms with E-state index in [0.29, 0.717) is 6.54 Å². The fourth-order valence-electron chi connectivity index (χ4n) is 1.55. The third kappa shape index (κ3) is 2.70. The summed E-state index contributed by atoms with van der Waals surface area (Å²) in [6, 6.07) is 1.94. The molecule has 0 aromatic carbocycles. The molecular formula is C12H14N3O2S+. The number of carboxylic acids is 1. The maximum Gasteiger partial charge on any atom is 0.309 e. The van der Waals surface area contributed by atoms with Crippen LogP contribution in [-0.2, 0) is 11.3 Å². The zero-order valence-corrected chi connectivity index (χ0v) is 11.1. The number of hydrogen-bond donors (Lipinski definition) is 1. The molecule has 5 nitrogen and oxygen atoms in total. The molecule has 94 valence electrons. The van der Waals surface area contributed by atoms with Crippen molar-refractivity contribution in [3.05, 3.63) is 29.7 Å². The van der Waals surface area contributed by atoms with Gasteiger partial charge in [0.05, 0.1) is 10.6 Å². The first-order valence-electron chi connectivity index (χ1n) is 5.58. The second-order valence-electron chi connectivity index (χ2n) is 4.04. The van der Waals surface area contributed by atoms with Gasteiger partial charge in [-0.05, 0) is 36.0 Å². The summed E-state index contributed by atoms with van der Waals surface area (Å²) in [6.07, 6.45) is 3.63. The third-order valence-corrected chi connectivity index (χ3v) is 3.84. The van der Waals surface area contributed by atoms with Gasteiger partial charge in [-0.25, -0.2) is 0 Å². The Morgan fingerprint density at radius 2 is 2.28 bits per heavy atom. The zero-order chi connectivity index (χ0) is 13.1. The van der Waals surface area contributed by atoms with Gasteiger partial charge < -0.3 is 5.11 Å². The van der Waals surface area contributed by atoms with Crippen LogP contribution in [0.25, 0.3) is 10.4 Å². The van der Waals surface area contributed by atoms with Gasteiger partial charge in [-0.2, -0.15) is 4.37 Å². The van der Waals surface area contributed by atoms with Crippen LogP contribution < -0.4 is 4.68 Å². The van der Waals surface area contributed by atoms with Gasteiger partial charge in [0.1, 0.15) is 12.6 Å². The zero-order valence-electron chi connectivity index (χ0n) is 10.3. The minimum atomic E-state index is -0.817. The average molecular weight is 264 g/mol. The fraction of sp³-hybridized carbons (Fsp3) is 0.333. The summed E-state index contributed by atoms with van der Waals surface area (Å²) in [4.78, 5) is 11.6. The molecule has 0 saturated heterocycles. The fourth-order valence-corrected chi connectivity index (χ4v) is 2.42. The van der Waals surface area contributed by atoms with Crippen molar-refractivity contribution in [3.63, 3.8) is 0 Å². The van der Waals surface area contributed by atoms with Crippen LogP contribution in [0.5, 0.6) is 0 Å². The van der Waals surface area contributed by atoms with Crippen LogP contribution in [0.4, 0.5) is 0 Å². The maximum atomic E-state index is 10.5. The molecule has 0 atom stereocenters. The van der Waals surface area contributed by atoms with Crippen LogP contribution in [0.3, 0.4) is 0 Å². The Hall–Kier alpha value is -1.82. The average Bonchev–Trinajstić information content (AvgIpc) is 2.68. The van der Waals surface area contributed by atoms with Crippen molar-refractivity contribution in [2.75, 3.05) is 0 Å². The highest BCUT2D eigenvalue weighted by Crippen LogP contribution is 2.28. The summed E-state index contributed by atoms with van der Waals surface area (Å²) in [6.45, 7) is 4.41. The molecule has 0 bridgehead atoms. The van der Waals surface area contributed by atoms with Crippen LogP contribution in [0.1, 0.15) is 17.7 Å². The summed E-state index contributed by atoms with van der Waals surface area (Å²) in [7, 11) is 0. The van der Waals surface area contributed by atoms with E-state index in [-0.39, 0.29) is 6.42 Å². The number of hydrogen-bond acceptors (Lipinski definition) is 4. The van der Waals surface area contributed by atoms with Gasteiger partial charge >= 0.3 is 5.97 Å². The van der Waals surface area contributed by atoms with E-state index in [9.17, 15) is 4.79 Å². The Kier molecular flexibility index (Phi) is 3.66. The van der Waals surface area contributed by atoms with Gasteiger partial charge in [0, 0.05) is 11.6 Å². The van der Waals surface area contributed by atoms with Crippen molar-refractivity contribution >= 4 is 17.5 Å². The van der Waals surface area contributed by atoms with Crippen molar-refractivity contribution in [1.29, 1.82) is 0 Å². The van der Waals surface area contributed by atoms with Gasteiger partial charge in [-0.1, -0.05) is 4.68 Å². The van der Waals surface area contributed by atoms with Gasteiger partial charge in [0.2, 0.25) is 0 Å². The normalized spacial score (nSPS) is 10.6. The maximum absolute atomic E-state index is 10.5. The highest BCUT2D eigenvalue weighted by Gasteiger charge is 2.11. The van der Waals surface area contributed by atoms with Crippen LogP contribution >= 0.6 is 11.5 Å². The van der Waals surface area contributed by atoms with E-state index in [2.05, 4.69) is 9.47 Å². The number of carboxylic acid groups (broad SMARTS) is 1. The number of aliphatic carboxylic acids is 1. The van der Waals surface area contributed by atoms with E-state index >= 15 is 0 Å². The lowest BCUT2D eigenvalue weighted by Gasteiger charge is -1.97. The molecule has 0 aliphatic heterocycles. The van der Waals surface area contributed by atoms with E-state index in [0.717, 1.165) is 16.1 Å². The number of aromatic nitrogens is 3. The Bertz CT molecular complexity index is 563. The van der Waals surface area contributed by atoms with Crippen molar-refractivity contribution in [2.24, 2.45) is 0 Å². The SMILES string of the molecule is Cc1nsc(-c2cc[n+](CCC(=O)O)nc2)c1C. The van der Waals surface area contributed by atoms with Gasteiger partial charge in [0.25, 0.3) is 0 Å². The largest absolute Gasteiger partial charge is 0.481 e. The molecule has 2 aromatic heterocycles. The highest BCUT2D eigenvalue weighted by molar-refractivity contribution is 7.09. The minimum Gasteiger partial charge on any atom is -0.481 e. The predicted molar refractivity (Wildman–Crippen MR) is 67.3 cm³/mol. The number of nitrogens with zero attached hydrogens (tertiary/aromatic N) is 3. The second kappa shape index (κ2) is 5.22. The van der Waals surface area contributed by atoms with Gasteiger partial charge in [-0.3, -0.25) is 4.79 Å². The summed E-state index contributed by atoms with van der Waals surface area (Å²) in [5, 5.41) is 12.8. The number of rotatable bonds is 4. The Labute approximate surface area is 109 Å². The minimum absolute atomic E-state index is 0.0791. The van der Waals surface area contributed by atoms with Crippen LogP contribution in [0.2, 0.25) is 0 Å². The molecule has 0 unspecified atom stereocenters. The first-order valence-corrected chi connectivity index (χ1v) is 6.36. The van der Waals surface area contributed by atoms with Crippen LogP contribution in [0.15, 0.2) is 18.5 Å². The molecule has 0 saturated carbocycles. The lowest BCUT2D eigenvalue weighted by Crippen LogP contribution is -2.38. The van der Waals surface area contributed by atoms with E-state index in [1.54, 1.807) is 17.1 Å². The van der Waals surface area contributed by atoms with Crippen LogP contribution in [-0.4, -0.2) is 20.5 Å². The second-order valence-corrected chi connectivity index (χ2v) is 4.82. The summed E-state index contributed by atoms with van der Waals surface area (Å²) in [5.41, 5.74) is 3.23. The Morgan fingerprint density at radius 3 is 2.78 bits per heavy atom. The van der Waals surface area contributed by atoms with E-state index in [1.165, 1.54) is 17.1 Å². The van der Waals surface area contributed by atoms with Crippen molar-refractivity contribution in [2.45, 2.75) is 26.8 Å². The molecule has 0 radical (unpaired) electrons. The first-order chi connectivity index (χ1) is 8.58. The molecule has 0 amide bonds. The Balaban J connectivity index is 2.17. The number of aryl methyl sites for hydroxylation is 2. The molecule has 2 aromatic rings. The van der Waals surface area contributed by atoms with E-state index in [4.69, 9.17) is 5.11 Å². The molecule has 6 heteroatoms. The van der Waals surface area contributed by atoms with E-state index < -0.39 is 5.97 Å². The first kappa shape index (κ1) is 12.6. The van der Waals surface area contributed by atoms with Crippen molar-refractivity contribution < 1.29 is 14.6 Å². The summed E-state index contributed by atoms with van der Waals surface area (Å²) < 4.78 is 5.93. The molecule has 2 heterocycles. The molecule has 1 N–H and O–H groups in total. The summed E-state index contributed by atoms with van der Waals surface area (Å²) >= 11 is 1.46. The van der Waals surface area contributed by atoms with Crippen molar-refractivity contribution in [1.82, 2.24) is 9.47 Å². The molecule has 0 aliphatic rings. The molecular weight excluding hydrogens is 250 g/mol. The standard InChI is InChI=1S/C12H13N3O2S/c1-8-9(2)14-18-12(8)10-3-5-15(13-7-10)6-4-11(16)17/h3,5,7H,4,6H2,1-2H3/p+1. The summed E-state index contributed by atoms with van der Waals surface area (Å²) in [5.74, 6) is -0.817. The lowest BCUT2D eigenvalue weighted by molar-refractivity contribution is -0.752. The predicted octanol–water partition coefficient (Wildman–Crippen LogP) is 1.58. The third-order valence-electron chi connectivity index (χ3n) is 2.75. The van der Waals surface area contributed by atoms with Gasteiger partial charge in [-0.15, -0.1) is 0 Å². The van der Waals surface area contributed by atoms with E-state index in [1.807, 2.05) is 19.9 Å². The lowest BCUT2D eigenvalue weighted by atomic mass is 10.1. The molecule has 0 spiro atoms. The smallest absolute Gasteiger partial charge is 0.309 e. The van der Waals surface area contributed by atoms with Crippen LogP contribution in [0, 0.1) is 13.8 Å². The Morgan fingerprint density at radius 1 is 1.50 bits per heavy atom. The molecule has 0 fully saturated rings.